The van der Waals surface area contributed by atoms with Crippen molar-refractivity contribution < 1.29 is 4.79 Å². The third kappa shape index (κ3) is 2.62. The number of carbonyl (C=O) groups excluding carboxylic acids is 1. The van der Waals surface area contributed by atoms with Crippen LogP contribution in [0.25, 0.3) is 0 Å². The van der Waals surface area contributed by atoms with Gasteiger partial charge in [0, 0.05) is 12.6 Å². The minimum absolute atomic E-state index is 0.283. The zero-order chi connectivity index (χ0) is 9.68. The van der Waals surface area contributed by atoms with E-state index >= 15 is 0 Å². The Morgan fingerprint density at radius 3 is 2.62 bits per heavy atom. The molecule has 1 aliphatic carbocycles. The molecule has 13 heavy (non-hydrogen) atoms. The normalized spacial score (nSPS) is 16.8. The van der Waals surface area contributed by atoms with Crippen molar-refractivity contribution in [3.05, 3.63) is 0 Å². The van der Waals surface area contributed by atoms with E-state index in [4.69, 9.17) is 11.0 Å². The van der Waals surface area contributed by atoms with Crippen molar-refractivity contribution >= 4 is 6.03 Å². The van der Waals surface area contributed by atoms with Crippen LogP contribution in [-0.4, -0.2) is 23.5 Å². The molecule has 0 heterocycles. The first-order valence-electron chi connectivity index (χ1n) is 4.68. The van der Waals surface area contributed by atoms with Gasteiger partial charge in [-0.1, -0.05) is 12.8 Å². The second kappa shape index (κ2) is 4.70. The summed E-state index contributed by atoms with van der Waals surface area (Å²) < 4.78 is 0. The molecule has 0 spiro atoms. The lowest BCUT2D eigenvalue weighted by Gasteiger charge is -2.25. The average Bonchev–Trinajstić information content (AvgIpc) is 2.57. The minimum atomic E-state index is -0.387. The van der Waals surface area contributed by atoms with E-state index in [1.54, 1.807) is 4.90 Å². The highest BCUT2D eigenvalue weighted by Gasteiger charge is 2.24. The number of rotatable bonds is 3. The molecule has 0 aliphatic heterocycles. The van der Waals surface area contributed by atoms with Crippen LogP contribution < -0.4 is 5.73 Å². The Morgan fingerprint density at radius 2 is 2.15 bits per heavy atom. The van der Waals surface area contributed by atoms with Gasteiger partial charge in [0.05, 0.1) is 12.5 Å². The van der Waals surface area contributed by atoms with Crippen LogP contribution in [0.2, 0.25) is 0 Å². The van der Waals surface area contributed by atoms with Gasteiger partial charge in [-0.3, -0.25) is 0 Å². The van der Waals surface area contributed by atoms with Gasteiger partial charge in [-0.2, -0.15) is 5.26 Å². The summed E-state index contributed by atoms with van der Waals surface area (Å²) in [5, 5.41) is 8.41. The van der Waals surface area contributed by atoms with Crippen molar-refractivity contribution in [3.63, 3.8) is 0 Å². The zero-order valence-electron chi connectivity index (χ0n) is 7.70. The highest BCUT2D eigenvalue weighted by Crippen LogP contribution is 2.23. The summed E-state index contributed by atoms with van der Waals surface area (Å²) in [7, 11) is 0. The number of nitrogens with two attached hydrogens (primary N) is 1. The molecule has 1 rings (SSSR count). The van der Waals surface area contributed by atoms with E-state index in [2.05, 4.69) is 0 Å². The number of urea groups is 1. The highest BCUT2D eigenvalue weighted by atomic mass is 16.2. The third-order valence-electron chi connectivity index (χ3n) is 2.51. The Bertz CT molecular complexity index is 215. The highest BCUT2D eigenvalue weighted by molar-refractivity contribution is 5.72. The number of primary amides is 1. The summed E-state index contributed by atoms with van der Waals surface area (Å²) in [6.07, 6.45) is 4.78. The van der Waals surface area contributed by atoms with Crippen LogP contribution in [0, 0.1) is 11.3 Å². The number of nitrogens with zero attached hydrogens (tertiary/aromatic N) is 2. The van der Waals surface area contributed by atoms with Crippen molar-refractivity contribution in [2.45, 2.75) is 38.1 Å². The quantitative estimate of drug-likeness (QED) is 0.711. The van der Waals surface area contributed by atoms with E-state index in [0.717, 1.165) is 12.8 Å². The fourth-order valence-electron chi connectivity index (χ4n) is 1.86. The number of nitriles is 1. The Hall–Kier alpha value is -1.24. The van der Waals surface area contributed by atoms with Gasteiger partial charge < -0.3 is 10.6 Å². The van der Waals surface area contributed by atoms with Crippen LogP contribution in [0.15, 0.2) is 0 Å². The number of hydrogen-bond donors (Lipinski definition) is 1. The van der Waals surface area contributed by atoms with Crippen molar-refractivity contribution in [2.75, 3.05) is 6.54 Å². The third-order valence-corrected chi connectivity index (χ3v) is 2.51. The molecule has 1 saturated carbocycles. The standard InChI is InChI=1S/C9H15N3O/c10-6-3-7-12(9(11)13)8-4-1-2-5-8/h8H,1-5,7H2,(H2,11,13). The van der Waals surface area contributed by atoms with E-state index in [1.807, 2.05) is 6.07 Å². The fourth-order valence-corrected chi connectivity index (χ4v) is 1.86. The maximum atomic E-state index is 11.0. The van der Waals surface area contributed by atoms with E-state index in [9.17, 15) is 4.79 Å². The molecule has 1 aliphatic rings. The fraction of sp³-hybridized carbons (Fsp3) is 0.778. The number of hydrogen-bond acceptors (Lipinski definition) is 2. The smallest absolute Gasteiger partial charge is 0.315 e. The minimum Gasteiger partial charge on any atom is -0.351 e. The molecule has 0 aromatic rings. The molecule has 0 unspecified atom stereocenters. The van der Waals surface area contributed by atoms with Crippen molar-refractivity contribution in [3.8, 4) is 6.07 Å². The van der Waals surface area contributed by atoms with Gasteiger partial charge in [-0.25, -0.2) is 4.79 Å². The molecule has 0 aromatic carbocycles. The molecule has 2 amide bonds. The van der Waals surface area contributed by atoms with Gasteiger partial charge in [0.25, 0.3) is 0 Å². The lowest BCUT2D eigenvalue weighted by Crippen LogP contribution is -2.42. The lowest BCUT2D eigenvalue weighted by atomic mass is 10.2. The van der Waals surface area contributed by atoms with Crippen LogP contribution >= 0.6 is 0 Å². The number of amides is 2. The SMILES string of the molecule is N#CCCN(C(N)=O)C1CCCC1. The van der Waals surface area contributed by atoms with E-state index in [-0.39, 0.29) is 12.1 Å². The van der Waals surface area contributed by atoms with E-state index in [1.165, 1.54) is 12.8 Å². The van der Waals surface area contributed by atoms with Crippen LogP contribution in [0.1, 0.15) is 32.1 Å². The monoisotopic (exact) mass is 181 g/mol. The van der Waals surface area contributed by atoms with Crippen LogP contribution in [0.5, 0.6) is 0 Å². The molecule has 4 heteroatoms. The van der Waals surface area contributed by atoms with E-state index < -0.39 is 0 Å². The molecule has 0 bridgehead atoms. The predicted octanol–water partition coefficient (Wildman–Crippen LogP) is 1.22. The molecule has 72 valence electrons. The van der Waals surface area contributed by atoms with Crippen LogP contribution in [0.3, 0.4) is 0 Å². The second-order valence-electron chi connectivity index (χ2n) is 3.38. The van der Waals surface area contributed by atoms with Crippen molar-refractivity contribution in [1.82, 2.24) is 4.90 Å². The summed E-state index contributed by atoms with van der Waals surface area (Å²) in [4.78, 5) is 12.7. The summed E-state index contributed by atoms with van der Waals surface area (Å²) in [6, 6.07) is 1.92. The second-order valence-corrected chi connectivity index (χ2v) is 3.38. The van der Waals surface area contributed by atoms with Gasteiger partial charge in [0.2, 0.25) is 0 Å². The van der Waals surface area contributed by atoms with Crippen LogP contribution in [-0.2, 0) is 0 Å². The average molecular weight is 181 g/mol. The Labute approximate surface area is 78.3 Å². The van der Waals surface area contributed by atoms with Gasteiger partial charge >= 0.3 is 6.03 Å². The first-order valence-corrected chi connectivity index (χ1v) is 4.68. The molecule has 0 aromatic heterocycles. The van der Waals surface area contributed by atoms with E-state index in [0.29, 0.717) is 13.0 Å². The maximum Gasteiger partial charge on any atom is 0.315 e. The predicted molar refractivity (Wildman–Crippen MR) is 48.8 cm³/mol. The van der Waals surface area contributed by atoms with Gasteiger partial charge in [0.15, 0.2) is 0 Å². The summed E-state index contributed by atoms with van der Waals surface area (Å²) >= 11 is 0. The van der Waals surface area contributed by atoms with Crippen molar-refractivity contribution in [1.29, 1.82) is 5.26 Å². The van der Waals surface area contributed by atoms with Crippen molar-refractivity contribution in [2.24, 2.45) is 5.73 Å². The van der Waals surface area contributed by atoms with Gasteiger partial charge in [-0.15, -0.1) is 0 Å². The first-order chi connectivity index (χ1) is 6.25. The molecule has 1 fully saturated rings. The molecule has 0 radical (unpaired) electrons. The molecule has 4 nitrogen and oxygen atoms in total. The molecule has 0 atom stereocenters. The Morgan fingerprint density at radius 1 is 1.54 bits per heavy atom. The number of carbonyl (C=O) groups is 1. The summed E-state index contributed by atoms with van der Waals surface area (Å²) in [6.45, 7) is 0.483. The molecular formula is C9H15N3O. The Balaban J connectivity index is 2.46. The zero-order valence-corrected chi connectivity index (χ0v) is 7.70. The maximum absolute atomic E-state index is 11.0. The molecule has 2 N–H and O–H groups in total. The van der Waals surface area contributed by atoms with Crippen LogP contribution in [0.4, 0.5) is 4.79 Å². The summed E-state index contributed by atoms with van der Waals surface area (Å²) in [5.41, 5.74) is 5.23. The molecule has 0 saturated heterocycles. The summed E-state index contributed by atoms with van der Waals surface area (Å²) in [5.74, 6) is 0. The largest absolute Gasteiger partial charge is 0.351 e. The van der Waals surface area contributed by atoms with Gasteiger partial charge in [0.1, 0.15) is 0 Å². The first kappa shape index (κ1) is 9.85. The lowest BCUT2D eigenvalue weighted by molar-refractivity contribution is 0.186. The van der Waals surface area contributed by atoms with Gasteiger partial charge in [-0.05, 0) is 12.8 Å². The topological polar surface area (TPSA) is 70.1 Å². The molecular weight excluding hydrogens is 166 g/mol. The Kier molecular flexibility index (Phi) is 3.56.